The molecular formula is C19H23F3N2O5S. The number of hydrogen-bond acceptors (Lipinski definition) is 6. The molecule has 1 saturated carbocycles. The van der Waals surface area contributed by atoms with E-state index in [9.17, 15) is 31.6 Å². The molecule has 0 spiro atoms. The molecule has 1 amide bonds. The number of amides is 1. The molecule has 2 unspecified atom stereocenters. The number of sulfone groups is 1. The molecule has 166 valence electrons. The number of oxime groups is 1. The zero-order chi connectivity index (χ0) is 22.2. The van der Waals surface area contributed by atoms with E-state index >= 15 is 0 Å². The van der Waals surface area contributed by atoms with Gasteiger partial charge >= 0.3 is 6.18 Å². The van der Waals surface area contributed by atoms with E-state index in [0.717, 1.165) is 31.0 Å². The molecule has 1 aliphatic heterocycles. The fourth-order valence-electron chi connectivity index (χ4n) is 3.65. The zero-order valence-corrected chi connectivity index (χ0v) is 17.1. The zero-order valence-electron chi connectivity index (χ0n) is 16.3. The molecule has 0 aromatic heterocycles. The van der Waals surface area contributed by atoms with Crippen molar-refractivity contribution >= 4 is 21.6 Å². The normalized spacial score (nSPS) is 25.7. The monoisotopic (exact) mass is 448 g/mol. The maximum absolute atomic E-state index is 13.4. The van der Waals surface area contributed by atoms with Gasteiger partial charge in [0.2, 0.25) is 5.91 Å². The van der Waals surface area contributed by atoms with E-state index < -0.39 is 37.3 Å². The molecule has 30 heavy (non-hydrogen) atoms. The predicted octanol–water partition coefficient (Wildman–Crippen LogP) is 3.12. The van der Waals surface area contributed by atoms with Gasteiger partial charge in [-0.1, -0.05) is 18.1 Å². The summed E-state index contributed by atoms with van der Waals surface area (Å²) in [5.74, 6) is -0.696. The quantitative estimate of drug-likeness (QED) is 0.312. The Morgan fingerprint density at radius 2 is 2.07 bits per heavy atom. The van der Waals surface area contributed by atoms with Crippen LogP contribution in [0.1, 0.15) is 44.6 Å². The van der Waals surface area contributed by atoms with Crippen molar-refractivity contribution in [2.75, 3.05) is 6.61 Å². The second-order valence-electron chi connectivity index (χ2n) is 7.63. The van der Waals surface area contributed by atoms with E-state index in [1.165, 1.54) is 0 Å². The lowest BCUT2D eigenvalue weighted by Gasteiger charge is -2.39. The van der Waals surface area contributed by atoms with Crippen LogP contribution in [-0.4, -0.2) is 42.8 Å². The molecule has 2 N–H and O–H groups in total. The number of carbonyl (C=O) groups is 1. The van der Waals surface area contributed by atoms with E-state index in [0.29, 0.717) is 6.07 Å². The summed E-state index contributed by atoms with van der Waals surface area (Å²) in [6, 6.07) is 3.65. The van der Waals surface area contributed by atoms with Gasteiger partial charge < -0.3 is 15.3 Å². The van der Waals surface area contributed by atoms with Crippen LogP contribution in [0.3, 0.4) is 0 Å². The number of carbonyl (C=O) groups excluding carboxylic acids is 1. The number of halogens is 3. The number of hydrogen-bond donors (Lipinski definition) is 2. The first-order chi connectivity index (χ1) is 14.0. The van der Waals surface area contributed by atoms with Crippen LogP contribution in [0.5, 0.6) is 0 Å². The molecule has 1 saturated heterocycles. The highest BCUT2D eigenvalue weighted by Crippen LogP contribution is 2.41. The number of amidine groups is 1. The van der Waals surface area contributed by atoms with Crippen LogP contribution in [0, 0.1) is 5.92 Å². The van der Waals surface area contributed by atoms with Gasteiger partial charge in [-0.05, 0) is 43.9 Å². The minimum atomic E-state index is -4.67. The molecule has 0 radical (unpaired) electrons. The fourth-order valence-corrected chi connectivity index (χ4v) is 5.79. The highest BCUT2D eigenvalue weighted by atomic mass is 32.2. The summed E-state index contributed by atoms with van der Waals surface area (Å²) in [6.07, 6.45) is -4.22. The van der Waals surface area contributed by atoms with Crippen molar-refractivity contribution < 1.29 is 36.3 Å². The number of nitrogens with zero attached hydrogens (tertiary/aromatic N) is 1. The summed E-state index contributed by atoms with van der Waals surface area (Å²) in [6.45, 7) is 1.61. The second kappa shape index (κ2) is 8.18. The van der Waals surface area contributed by atoms with Gasteiger partial charge in [0.15, 0.2) is 15.7 Å². The topological polar surface area (TPSA) is 105 Å². The van der Waals surface area contributed by atoms with E-state index in [4.69, 9.17) is 4.74 Å². The molecule has 2 aliphatic rings. The van der Waals surface area contributed by atoms with Crippen molar-refractivity contribution in [3.63, 3.8) is 0 Å². The summed E-state index contributed by atoms with van der Waals surface area (Å²) in [7, 11) is -4.19. The minimum Gasteiger partial charge on any atom is -0.409 e. The SMILES string of the molecule is CCC1(S(=O)(=O)c2cccc(C(F)(F)F)c2)CCOC(/C(=N/O)NC(=O)C2CC2)C1. The van der Waals surface area contributed by atoms with Gasteiger partial charge in [-0.3, -0.25) is 4.79 Å². The average molecular weight is 448 g/mol. The van der Waals surface area contributed by atoms with Crippen LogP contribution in [0.15, 0.2) is 34.3 Å². The van der Waals surface area contributed by atoms with Crippen LogP contribution in [0.2, 0.25) is 0 Å². The molecule has 3 rings (SSSR count). The Labute approximate surface area is 172 Å². The van der Waals surface area contributed by atoms with Crippen LogP contribution >= 0.6 is 0 Å². The van der Waals surface area contributed by atoms with Gasteiger partial charge in [0.25, 0.3) is 0 Å². The Kier molecular flexibility index (Phi) is 6.15. The summed E-state index contributed by atoms with van der Waals surface area (Å²) in [4.78, 5) is 11.6. The first-order valence-corrected chi connectivity index (χ1v) is 11.1. The van der Waals surface area contributed by atoms with Gasteiger partial charge in [-0.25, -0.2) is 8.42 Å². The first kappa shape index (κ1) is 22.5. The first-order valence-electron chi connectivity index (χ1n) is 9.60. The molecular weight excluding hydrogens is 425 g/mol. The van der Waals surface area contributed by atoms with Crippen LogP contribution in [-0.2, 0) is 25.5 Å². The van der Waals surface area contributed by atoms with Crippen LogP contribution in [0.25, 0.3) is 0 Å². The lowest BCUT2D eigenvalue weighted by atomic mass is 9.91. The van der Waals surface area contributed by atoms with Gasteiger partial charge in [0, 0.05) is 18.9 Å². The lowest BCUT2D eigenvalue weighted by Crippen LogP contribution is -2.52. The second-order valence-corrected chi connectivity index (χ2v) is 9.97. The molecule has 2 fully saturated rings. The van der Waals surface area contributed by atoms with E-state index in [2.05, 4.69) is 10.5 Å². The highest BCUT2D eigenvalue weighted by molar-refractivity contribution is 7.92. The molecule has 1 aromatic carbocycles. The largest absolute Gasteiger partial charge is 0.416 e. The van der Waals surface area contributed by atoms with Crippen molar-refractivity contribution in [3.05, 3.63) is 29.8 Å². The highest BCUT2D eigenvalue weighted by Gasteiger charge is 2.49. The third-order valence-electron chi connectivity index (χ3n) is 5.73. The van der Waals surface area contributed by atoms with Gasteiger partial charge in [-0.2, -0.15) is 13.2 Å². The standard InChI is InChI=1S/C19H23F3N2O5S/c1-2-18(30(27,28)14-5-3-4-13(10-14)19(20,21)22)8-9-29-15(11-18)16(24-26)23-17(25)12-6-7-12/h3-5,10,12,15,26H,2,6-9,11H2,1H3,(H,23,24,25). The lowest BCUT2D eigenvalue weighted by molar-refractivity contribution is -0.137. The molecule has 11 heteroatoms. The van der Waals surface area contributed by atoms with Crippen molar-refractivity contribution in [1.29, 1.82) is 0 Å². The molecule has 1 aromatic rings. The maximum Gasteiger partial charge on any atom is 0.416 e. The smallest absolute Gasteiger partial charge is 0.409 e. The predicted molar refractivity (Wildman–Crippen MR) is 101 cm³/mol. The van der Waals surface area contributed by atoms with Crippen LogP contribution < -0.4 is 5.32 Å². The Hall–Kier alpha value is -2.14. The van der Waals surface area contributed by atoms with E-state index in [-0.39, 0.29) is 43.5 Å². The Balaban J connectivity index is 1.91. The molecule has 0 bridgehead atoms. The third-order valence-corrected chi connectivity index (χ3v) is 8.41. The van der Waals surface area contributed by atoms with E-state index in [1.807, 2.05) is 0 Å². The summed E-state index contributed by atoms with van der Waals surface area (Å²) >= 11 is 0. The average Bonchev–Trinajstić information content (AvgIpc) is 3.56. The van der Waals surface area contributed by atoms with Crippen LogP contribution in [0.4, 0.5) is 13.2 Å². The number of alkyl halides is 3. The number of ether oxygens (including phenoxy) is 1. The third kappa shape index (κ3) is 4.31. The summed E-state index contributed by atoms with van der Waals surface area (Å²) in [5, 5.41) is 14.9. The number of benzene rings is 1. The summed E-state index contributed by atoms with van der Waals surface area (Å²) in [5.41, 5.74) is -1.05. The molecule has 7 nitrogen and oxygen atoms in total. The molecule has 1 heterocycles. The Morgan fingerprint density at radius 1 is 1.37 bits per heavy atom. The fraction of sp³-hybridized carbons (Fsp3) is 0.579. The van der Waals surface area contributed by atoms with E-state index in [1.54, 1.807) is 6.92 Å². The summed E-state index contributed by atoms with van der Waals surface area (Å²) < 4.78 is 70.2. The Morgan fingerprint density at radius 3 is 2.63 bits per heavy atom. The van der Waals surface area contributed by atoms with Gasteiger partial charge in [0.1, 0.15) is 6.10 Å². The minimum absolute atomic E-state index is 0.0188. The van der Waals surface area contributed by atoms with Crippen molar-refractivity contribution in [3.8, 4) is 0 Å². The van der Waals surface area contributed by atoms with Gasteiger partial charge in [0.05, 0.1) is 15.2 Å². The van der Waals surface area contributed by atoms with Crippen molar-refractivity contribution in [2.45, 2.75) is 61.0 Å². The maximum atomic E-state index is 13.4. The molecule has 1 aliphatic carbocycles. The molecule has 2 atom stereocenters. The van der Waals surface area contributed by atoms with Crippen molar-refractivity contribution in [2.24, 2.45) is 11.1 Å². The van der Waals surface area contributed by atoms with Gasteiger partial charge in [-0.15, -0.1) is 0 Å². The number of nitrogens with one attached hydrogen (secondary N) is 1. The number of rotatable bonds is 5. The Bertz CT molecular complexity index is 944. The van der Waals surface area contributed by atoms with Crippen molar-refractivity contribution in [1.82, 2.24) is 5.32 Å².